The predicted octanol–water partition coefficient (Wildman–Crippen LogP) is 8.46. The van der Waals surface area contributed by atoms with Gasteiger partial charge in [0.1, 0.15) is 5.75 Å². The van der Waals surface area contributed by atoms with E-state index in [0.717, 1.165) is 29.7 Å². The number of halogens is 1. The number of ether oxygens (including phenoxy) is 2. The topological polar surface area (TPSA) is 89.7 Å². The number of aliphatic hydroxyl groups is 1. The van der Waals surface area contributed by atoms with Crippen LogP contribution >= 0.6 is 0 Å². The summed E-state index contributed by atoms with van der Waals surface area (Å²) in [5, 5.41) is 18.8. The molecule has 5 aromatic rings. The fourth-order valence-electron chi connectivity index (χ4n) is 7.73. The largest absolute Gasteiger partial charge is 0.454 e. The molecule has 1 fully saturated rings. The van der Waals surface area contributed by atoms with Crippen LogP contribution in [0.5, 0.6) is 11.5 Å². The van der Waals surface area contributed by atoms with Gasteiger partial charge in [0.05, 0.1) is 41.7 Å². The maximum atomic E-state index is 15.8. The zero-order valence-electron chi connectivity index (χ0n) is 28.7. The van der Waals surface area contributed by atoms with Crippen molar-refractivity contribution in [3.8, 4) is 11.5 Å². The van der Waals surface area contributed by atoms with Crippen molar-refractivity contribution in [3.63, 3.8) is 0 Å². The first kappa shape index (κ1) is 33.8. The molecule has 2 aliphatic rings. The third kappa shape index (κ3) is 6.88. The Labute approximate surface area is 293 Å². The molecule has 3 heterocycles. The van der Waals surface area contributed by atoms with Gasteiger partial charge >= 0.3 is 0 Å². The van der Waals surface area contributed by atoms with Crippen LogP contribution in [0.3, 0.4) is 0 Å². The van der Waals surface area contributed by atoms with Gasteiger partial charge in [-0.05, 0) is 85.8 Å². The van der Waals surface area contributed by atoms with Gasteiger partial charge < -0.3 is 18.7 Å². The standard InChI is InChI=1S/C40H43FN4O4Si/c1-27-35(48-38(39(27)50(2,3)41)23-24-44-25-33(42-43-44)32(26-46)29-11-5-4-6-12-29)22-19-28-17-20-30(21-18-28)45-34-14-8-10-16-37(34)49-36-15-9-7-13-31(36)40(45)47/h4-18,20-21,25,27,32,35,38-39,46H,19,22-24,26H2,1-3H3/t27-,32?,35+,38-,39+/m0/s1. The number of carbonyl (C=O) groups is 1. The first-order valence-electron chi connectivity index (χ1n) is 17.4. The monoisotopic (exact) mass is 690 g/mol. The molecular formula is C40H43FN4O4Si. The molecule has 1 aromatic heterocycles. The molecule has 0 aliphatic carbocycles. The van der Waals surface area contributed by atoms with Gasteiger partial charge in [0.2, 0.25) is 8.41 Å². The second-order valence-electron chi connectivity index (χ2n) is 13.9. The number of aryl methyl sites for hydroxylation is 2. The number of nitrogens with zero attached hydrogens (tertiary/aromatic N) is 4. The number of anilines is 2. The van der Waals surface area contributed by atoms with Crippen LogP contribution in [-0.4, -0.2) is 53.2 Å². The van der Waals surface area contributed by atoms with E-state index in [1.807, 2.05) is 91.1 Å². The minimum atomic E-state index is -3.04. The molecule has 2 aliphatic heterocycles. The molecule has 50 heavy (non-hydrogen) atoms. The number of rotatable bonds is 11. The molecule has 1 saturated heterocycles. The summed E-state index contributed by atoms with van der Waals surface area (Å²) >= 11 is 0. The number of benzene rings is 4. The zero-order valence-corrected chi connectivity index (χ0v) is 29.7. The molecule has 0 saturated carbocycles. The Kier molecular flexibility index (Phi) is 9.68. The summed E-state index contributed by atoms with van der Waals surface area (Å²) in [5.41, 5.74) is 4.65. The first-order valence-corrected chi connectivity index (χ1v) is 20.4. The molecule has 10 heteroatoms. The van der Waals surface area contributed by atoms with Crippen LogP contribution in [0.15, 0.2) is 109 Å². The maximum absolute atomic E-state index is 15.8. The number of para-hydroxylation sites is 3. The smallest absolute Gasteiger partial charge is 0.266 e. The fourth-order valence-corrected chi connectivity index (χ4v) is 10.3. The van der Waals surface area contributed by atoms with E-state index >= 15 is 4.11 Å². The third-order valence-corrected chi connectivity index (χ3v) is 12.7. The number of carbonyl (C=O) groups excluding carboxylic acids is 1. The average molecular weight is 691 g/mol. The minimum Gasteiger partial charge on any atom is -0.454 e. The fraction of sp³-hybridized carbons (Fsp3) is 0.325. The lowest BCUT2D eigenvalue weighted by molar-refractivity contribution is 0.0247. The molecule has 1 unspecified atom stereocenters. The van der Waals surface area contributed by atoms with Crippen LogP contribution in [0.2, 0.25) is 18.6 Å². The second kappa shape index (κ2) is 14.3. The molecule has 7 rings (SSSR count). The van der Waals surface area contributed by atoms with E-state index in [4.69, 9.17) is 9.47 Å². The molecule has 0 radical (unpaired) electrons. The van der Waals surface area contributed by atoms with Gasteiger partial charge in [-0.1, -0.05) is 78.9 Å². The quantitative estimate of drug-likeness (QED) is 0.111. The molecular weight excluding hydrogens is 648 g/mol. The van der Waals surface area contributed by atoms with Crippen molar-refractivity contribution >= 4 is 25.7 Å². The van der Waals surface area contributed by atoms with Crippen LogP contribution in [-0.2, 0) is 17.7 Å². The van der Waals surface area contributed by atoms with Crippen LogP contribution in [0, 0.1) is 5.92 Å². The lowest BCUT2D eigenvalue weighted by Crippen LogP contribution is -2.36. The summed E-state index contributed by atoms with van der Waals surface area (Å²) in [7, 11) is -3.04. The molecule has 258 valence electrons. The van der Waals surface area contributed by atoms with Gasteiger partial charge in [0.15, 0.2) is 5.75 Å². The lowest BCUT2D eigenvalue weighted by atomic mass is 9.95. The lowest BCUT2D eigenvalue weighted by Gasteiger charge is -2.28. The predicted molar refractivity (Wildman–Crippen MR) is 194 cm³/mol. The number of aromatic nitrogens is 3. The Morgan fingerprint density at radius 3 is 2.32 bits per heavy atom. The first-order chi connectivity index (χ1) is 24.2. The van der Waals surface area contributed by atoms with Gasteiger partial charge in [-0.25, -0.2) is 0 Å². The summed E-state index contributed by atoms with van der Waals surface area (Å²) in [5.74, 6) is 0.850. The number of hydrogen-bond donors (Lipinski definition) is 1. The normalized spacial score (nSPS) is 20.9. The Balaban J connectivity index is 1.02. The SMILES string of the molecule is C[C@@H]1[C@@H]([Si](C)(C)F)[C@H](CCn2cc(C(CO)c3ccccc3)nn2)O[C@@H]1CCc1ccc(N2C(=O)c3ccccc3Oc3ccccc32)cc1. The molecule has 4 aromatic carbocycles. The van der Waals surface area contributed by atoms with Gasteiger partial charge in [-0.15, -0.1) is 5.10 Å². The van der Waals surface area contributed by atoms with Crippen molar-refractivity contribution in [3.05, 3.63) is 132 Å². The van der Waals surface area contributed by atoms with Crippen LogP contribution in [0.1, 0.15) is 52.9 Å². The molecule has 0 spiro atoms. The Bertz CT molecular complexity index is 1930. The van der Waals surface area contributed by atoms with Crippen LogP contribution < -0.4 is 9.64 Å². The highest BCUT2D eigenvalue weighted by Crippen LogP contribution is 2.47. The zero-order chi connectivity index (χ0) is 34.8. The van der Waals surface area contributed by atoms with E-state index in [1.165, 1.54) is 0 Å². The molecule has 1 N–H and O–H groups in total. The minimum absolute atomic E-state index is 0.0616. The highest BCUT2D eigenvalue weighted by atomic mass is 28.4. The molecule has 0 bridgehead atoms. The van der Waals surface area contributed by atoms with Gasteiger partial charge in [0.25, 0.3) is 5.91 Å². The van der Waals surface area contributed by atoms with Crippen molar-refractivity contribution in [1.82, 2.24) is 15.0 Å². The van der Waals surface area contributed by atoms with E-state index in [2.05, 4.69) is 29.4 Å². The van der Waals surface area contributed by atoms with E-state index in [1.54, 1.807) is 28.7 Å². The summed E-state index contributed by atoms with van der Waals surface area (Å²) in [6.45, 7) is 6.20. The van der Waals surface area contributed by atoms with Crippen molar-refractivity contribution < 1.29 is 23.5 Å². The number of aliphatic hydroxyl groups excluding tert-OH is 1. The van der Waals surface area contributed by atoms with Crippen LogP contribution in [0.25, 0.3) is 0 Å². The van der Waals surface area contributed by atoms with Crippen molar-refractivity contribution in [2.45, 2.75) is 69.5 Å². The van der Waals surface area contributed by atoms with Crippen molar-refractivity contribution in [2.75, 3.05) is 11.5 Å². The summed E-state index contributed by atoms with van der Waals surface area (Å²) in [6, 6.07) is 32.7. The molecule has 5 atom stereocenters. The summed E-state index contributed by atoms with van der Waals surface area (Å²) < 4.78 is 30.4. The molecule has 1 amide bonds. The van der Waals surface area contributed by atoms with E-state index in [-0.39, 0.29) is 42.1 Å². The van der Waals surface area contributed by atoms with E-state index in [0.29, 0.717) is 41.4 Å². The van der Waals surface area contributed by atoms with Gasteiger partial charge in [0, 0.05) is 24.0 Å². The molecule has 8 nitrogen and oxygen atoms in total. The van der Waals surface area contributed by atoms with Crippen molar-refractivity contribution in [2.24, 2.45) is 5.92 Å². The van der Waals surface area contributed by atoms with E-state index < -0.39 is 8.41 Å². The summed E-state index contributed by atoms with van der Waals surface area (Å²) in [6.07, 6.45) is 3.78. The number of fused-ring (bicyclic) bond motifs is 2. The summed E-state index contributed by atoms with van der Waals surface area (Å²) in [4.78, 5) is 15.5. The van der Waals surface area contributed by atoms with Gasteiger partial charge in [-0.2, -0.15) is 0 Å². The number of amides is 1. The maximum Gasteiger partial charge on any atom is 0.266 e. The van der Waals surface area contributed by atoms with E-state index in [9.17, 15) is 9.90 Å². The van der Waals surface area contributed by atoms with Crippen LogP contribution in [0.4, 0.5) is 15.5 Å². The Morgan fingerprint density at radius 1 is 0.880 bits per heavy atom. The second-order valence-corrected chi connectivity index (χ2v) is 17.7. The van der Waals surface area contributed by atoms with Crippen molar-refractivity contribution in [1.29, 1.82) is 0 Å². The highest BCUT2D eigenvalue weighted by molar-refractivity contribution is 6.72. The third-order valence-electron chi connectivity index (χ3n) is 10.2. The number of hydrogen-bond acceptors (Lipinski definition) is 6. The van der Waals surface area contributed by atoms with Gasteiger partial charge in [-0.3, -0.25) is 14.4 Å². The Morgan fingerprint density at radius 2 is 1.58 bits per heavy atom. The highest BCUT2D eigenvalue weighted by Gasteiger charge is 2.50. The Hall–Kier alpha value is -4.64. The average Bonchev–Trinajstić information content (AvgIpc) is 3.69.